The first-order valence-electron chi connectivity index (χ1n) is 11.2. The molecular weight excluding hydrogens is 519 g/mol. The van der Waals surface area contributed by atoms with Gasteiger partial charge in [0, 0.05) is 12.1 Å². The SMILES string of the molecule is COc1nccc(-c2nnc(NS(=O)(=O)[C@@H](C)[C@H](C)c3ncc(F)cn3)n2-c2c(OC)cccc2OC)n1. The third kappa shape index (κ3) is 5.18. The molecule has 3 aromatic heterocycles. The Labute approximate surface area is 218 Å². The summed E-state index contributed by atoms with van der Waals surface area (Å²) in [6, 6.07) is 6.72. The second kappa shape index (κ2) is 10.9. The van der Waals surface area contributed by atoms with E-state index in [0.29, 0.717) is 22.9 Å². The molecule has 13 nitrogen and oxygen atoms in total. The topological polar surface area (TPSA) is 156 Å². The highest BCUT2D eigenvalue weighted by Crippen LogP contribution is 2.38. The van der Waals surface area contributed by atoms with Crippen LogP contribution in [-0.4, -0.2) is 69.7 Å². The van der Waals surface area contributed by atoms with Crippen molar-refractivity contribution in [1.82, 2.24) is 34.7 Å². The Morgan fingerprint density at radius 2 is 1.61 bits per heavy atom. The molecule has 0 fully saturated rings. The number of ether oxygens (including phenoxy) is 3. The van der Waals surface area contributed by atoms with Crippen LogP contribution in [0.25, 0.3) is 17.2 Å². The van der Waals surface area contributed by atoms with Crippen LogP contribution >= 0.6 is 0 Å². The Morgan fingerprint density at radius 3 is 2.21 bits per heavy atom. The van der Waals surface area contributed by atoms with Gasteiger partial charge in [-0.1, -0.05) is 13.0 Å². The van der Waals surface area contributed by atoms with Crippen LogP contribution in [0.4, 0.5) is 10.3 Å². The van der Waals surface area contributed by atoms with E-state index in [1.807, 2.05) is 0 Å². The molecule has 0 amide bonds. The Bertz CT molecular complexity index is 1510. The summed E-state index contributed by atoms with van der Waals surface area (Å²) in [7, 11) is 0.238. The number of nitrogens with zero attached hydrogens (tertiary/aromatic N) is 7. The number of hydrogen-bond acceptors (Lipinski definition) is 11. The van der Waals surface area contributed by atoms with Gasteiger partial charge < -0.3 is 14.2 Å². The first-order chi connectivity index (χ1) is 18.2. The predicted molar refractivity (Wildman–Crippen MR) is 134 cm³/mol. The summed E-state index contributed by atoms with van der Waals surface area (Å²) in [6.45, 7) is 3.12. The number of anilines is 1. The molecule has 0 radical (unpaired) electrons. The van der Waals surface area contributed by atoms with Gasteiger partial charge in [0.15, 0.2) is 11.6 Å². The molecule has 0 unspecified atom stereocenters. The Morgan fingerprint density at radius 1 is 0.947 bits per heavy atom. The largest absolute Gasteiger partial charge is 0.494 e. The minimum atomic E-state index is -4.11. The van der Waals surface area contributed by atoms with Crippen molar-refractivity contribution in [2.24, 2.45) is 0 Å². The number of hydrogen-bond donors (Lipinski definition) is 1. The summed E-state index contributed by atoms with van der Waals surface area (Å²) in [5.74, 6) is -0.418. The second-order valence-corrected chi connectivity index (χ2v) is 10.1. The van der Waals surface area contributed by atoms with Crippen LogP contribution < -0.4 is 18.9 Å². The van der Waals surface area contributed by atoms with E-state index in [1.54, 1.807) is 31.2 Å². The van der Waals surface area contributed by atoms with E-state index in [4.69, 9.17) is 14.2 Å². The number of methoxy groups -OCH3 is 3. The van der Waals surface area contributed by atoms with Crippen molar-refractivity contribution in [3.05, 3.63) is 54.5 Å². The van der Waals surface area contributed by atoms with Crippen LogP contribution in [0.3, 0.4) is 0 Å². The van der Waals surface area contributed by atoms with E-state index in [1.165, 1.54) is 39.0 Å². The van der Waals surface area contributed by atoms with E-state index in [2.05, 4.69) is 34.9 Å². The highest BCUT2D eigenvalue weighted by atomic mass is 32.2. The van der Waals surface area contributed by atoms with Crippen molar-refractivity contribution in [2.45, 2.75) is 25.0 Å². The van der Waals surface area contributed by atoms with Crippen LogP contribution in [-0.2, 0) is 10.0 Å². The molecule has 1 N–H and O–H groups in total. The zero-order chi connectivity index (χ0) is 27.4. The van der Waals surface area contributed by atoms with Crippen LogP contribution in [0.1, 0.15) is 25.6 Å². The molecule has 200 valence electrons. The van der Waals surface area contributed by atoms with Gasteiger partial charge in [0.1, 0.15) is 28.7 Å². The zero-order valence-electron chi connectivity index (χ0n) is 21.2. The van der Waals surface area contributed by atoms with Crippen LogP contribution in [0, 0.1) is 5.82 Å². The number of benzene rings is 1. The lowest BCUT2D eigenvalue weighted by Crippen LogP contribution is -2.31. The monoisotopic (exact) mass is 544 g/mol. The number of aromatic nitrogens is 7. The van der Waals surface area contributed by atoms with E-state index in [0.717, 1.165) is 12.4 Å². The van der Waals surface area contributed by atoms with Crippen LogP contribution in [0.15, 0.2) is 42.9 Å². The second-order valence-electron chi connectivity index (χ2n) is 8.02. The molecule has 1 aromatic carbocycles. The molecule has 0 aliphatic rings. The summed E-state index contributed by atoms with van der Waals surface area (Å²) in [4.78, 5) is 16.2. The summed E-state index contributed by atoms with van der Waals surface area (Å²) in [5.41, 5.74) is 0.624. The van der Waals surface area contributed by atoms with E-state index in [9.17, 15) is 12.8 Å². The normalized spacial score (nSPS) is 13.0. The molecule has 0 spiro atoms. The van der Waals surface area contributed by atoms with Gasteiger partial charge in [0.25, 0.3) is 0 Å². The Hall–Kier alpha value is -4.40. The number of sulfonamides is 1. The van der Waals surface area contributed by atoms with Gasteiger partial charge >= 0.3 is 6.01 Å². The Kier molecular flexibility index (Phi) is 7.66. The lowest BCUT2D eigenvalue weighted by atomic mass is 10.1. The molecule has 0 bridgehead atoms. The number of para-hydroxylation sites is 1. The fourth-order valence-corrected chi connectivity index (χ4v) is 4.83. The highest BCUT2D eigenvalue weighted by Gasteiger charge is 2.32. The van der Waals surface area contributed by atoms with Crippen molar-refractivity contribution in [3.8, 4) is 34.7 Å². The van der Waals surface area contributed by atoms with Crippen molar-refractivity contribution in [3.63, 3.8) is 0 Å². The minimum Gasteiger partial charge on any atom is -0.494 e. The standard InChI is InChI=1S/C23H25FN8O5S/c1-13(20-26-11-15(24)12-27-20)14(2)38(33,34)31-22-30-29-21(16-9-10-25-23(28-16)37-5)32(22)19-17(35-3)7-6-8-18(19)36-4/h6-14H,1-5H3,(H,30,31)/t13-,14-/m0/s1. The molecule has 0 saturated heterocycles. The van der Waals surface area contributed by atoms with Crippen molar-refractivity contribution < 1.29 is 27.0 Å². The Balaban J connectivity index is 1.84. The maximum atomic E-state index is 13.5. The lowest BCUT2D eigenvalue weighted by molar-refractivity contribution is 0.380. The van der Waals surface area contributed by atoms with Crippen molar-refractivity contribution in [1.29, 1.82) is 0 Å². The average molecular weight is 545 g/mol. The van der Waals surface area contributed by atoms with E-state index in [-0.39, 0.29) is 23.6 Å². The van der Waals surface area contributed by atoms with Gasteiger partial charge in [0.05, 0.1) is 39.0 Å². The molecular formula is C23H25FN8O5S. The fourth-order valence-electron chi connectivity index (χ4n) is 3.60. The van der Waals surface area contributed by atoms with E-state index >= 15 is 0 Å². The van der Waals surface area contributed by atoms with Gasteiger partial charge in [-0.2, -0.15) is 4.98 Å². The van der Waals surface area contributed by atoms with Gasteiger partial charge in [-0.05, 0) is 25.1 Å². The predicted octanol–water partition coefficient (Wildman–Crippen LogP) is 2.61. The summed E-state index contributed by atoms with van der Waals surface area (Å²) >= 11 is 0. The summed E-state index contributed by atoms with van der Waals surface area (Å²) < 4.78 is 60.4. The quantitative estimate of drug-likeness (QED) is 0.313. The molecule has 38 heavy (non-hydrogen) atoms. The fraction of sp³-hybridized carbons (Fsp3) is 0.304. The number of nitrogens with one attached hydrogen (secondary N) is 1. The number of halogens is 1. The van der Waals surface area contributed by atoms with Gasteiger partial charge in [-0.3, -0.25) is 9.29 Å². The molecule has 0 saturated carbocycles. The third-order valence-corrected chi connectivity index (χ3v) is 7.66. The molecule has 0 aliphatic heterocycles. The smallest absolute Gasteiger partial charge is 0.316 e. The van der Waals surface area contributed by atoms with Gasteiger partial charge in [-0.15, -0.1) is 10.2 Å². The molecule has 15 heteroatoms. The minimum absolute atomic E-state index is 0.0768. The van der Waals surface area contributed by atoms with Gasteiger partial charge in [0.2, 0.25) is 16.0 Å². The first-order valence-corrected chi connectivity index (χ1v) is 12.8. The molecule has 0 aliphatic carbocycles. The molecule has 4 aromatic rings. The summed E-state index contributed by atoms with van der Waals surface area (Å²) in [5, 5.41) is 7.28. The van der Waals surface area contributed by atoms with Crippen LogP contribution in [0.2, 0.25) is 0 Å². The molecule has 3 heterocycles. The van der Waals surface area contributed by atoms with Crippen molar-refractivity contribution >= 4 is 16.0 Å². The van der Waals surface area contributed by atoms with Gasteiger partial charge in [-0.25, -0.2) is 27.8 Å². The number of rotatable bonds is 10. The average Bonchev–Trinajstić information content (AvgIpc) is 3.34. The first kappa shape index (κ1) is 26.7. The van der Waals surface area contributed by atoms with Crippen LogP contribution in [0.5, 0.6) is 17.5 Å². The maximum Gasteiger partial charge on any atom is 0.316 e. The molecule has 4 rings (SSSR count). The van der Waals surface area contributed by atoms with Crippen molar-refractivity contribution in [2.75, 3.05) is 26.1 Å². The lowest BCUT2D eigenvalue weighted by Gasteiger charge is -2.21. The highest BCUT2D eigenvalue weighted by molar-refractivity contribution is 7.93. The summed E-state index contributed by atoms with van der Waals surface area (Å²) in [6.07, 6.45) is 3.44. The third-order valence-electron chi connectivity index (χ3n) is 5.81. The van der Waals surface area contributed by atoms with E-state index < -0.39 is 27.0 Å². The zero-order valence-corrected chi connectivity index (χ0v) is 22.0. The maximum absolute atomic E-state index is 13.5. The molecule has 2 atom stereocenters.